The number of rotatable bonds is 4. The Morgan fingerprint density at radius 1 is 1.33 bits per heavy atom. The van der Waals surface area contributed by atoms with Crippen LogP contribution in [0.5, 0.6) is 0 Å². The summed E-state index contributed by atoms with van der Waals surface area (Å²) in [5.74, 6) is 0.115. The zero-order valence-electron chi connectivity index (χ0n) is 14.4. The molecule has 7 heteroatoms. The third-order valence-corrected chi connectivity index (χ3v) is 4.42. The van der Waals surface area contributed by atoms with E-state index in [1.165, 1.54) is 5.56 Å². The molecule has 0 aromatic carbocycles. The normalized spacial score (nSPS) is 20.4. The lowest BCUT2D eigenvalue weighted by Gasteiger charge is -2.26. The summed E-state index contributed by atoms with van der Waals surface area (Å²) in [6, 6.07) is 0. The summed E-state index contributed by atoms with van der Waals surface area (Å²) in [7, 11) is 0. The van der Waals surface area contributed by atoms with Crippen LogP contribution in [0.4, 0.5) is 0 Å². The van der Waals surface area contributed by atoms with Gasteiger partial charge in [-0.05, 0) is 38.0 Å². The largest absolute Gasteiger partial charge is 0.476 e. The van der Waals surface area contributed by atoms with Gasteiger partial charge in [-0.3, -0.25) is 9.69 Å². The Hall–Kier alpha value is -2.12. The van der Waals surface area contributed by atoms with Crippen molar-refractivity contribution in [2.45, 2.75) is 27.3 Å². The van der Waals surface area contributed by atoms with E-state index in [0.717, 1.165) is 49.8 Å². The molecule has 7 nitrogen and oxygen atoms in total. The van der Waals surface area contributed by atoms with E-state index in [2.05, 4.69) is 34.3 Å². The van der Waals surface area contributed by atoms with Gasteiger partial charge >= 0.3 is 0 Å². The highest BCUT2D eigenvalue weighted by molar-refractivity contribution is 6.24. The Bertz CT molecular complexity index is 684. The monoisotopic (exact) mass is 332 g/mol. The maximum atomic E-state index is 12.0. The van der Waals surface area contributed by atoms with Gasteiger partial charge in [0.05, 0.1) is 19.8 Å². The molecule has 0 unspecified atom stereocenters. The molecule has 1 fully saturated rings. The SMILES string of the molecule is CCOC1=NNC(=O)C1=Cc1[nH]c(C)c(CN2CCOCC2)c1C. The van der Waals surface area contributed by atoms with E-state index in [4.69, 9.17) is 9.47 Å². The van der Waals surface area contributed by atoms with Crippen LogP contribution in [0, 0.1) is 13.8 Å². The Morgan fingerprint density at radius 2 is 2.08 bits per heavy atom. The fourth-order valence-electron chi connectivity index (χ4n) is 3.02. The lowest BCUT2D eigenvalue weighted by Crippen LogP contribution is -2.35. The molecular weight excluding hydrogens is 308 g/mol. The van der Waals surface area contributed by atoms with Crippen molar-refractivity contribution in [1.82, 2.24) is 15.3 Å². The molecule has 0 spiro atoms. The number of nitrogens with zero attached hydrogens (tertiary/aromatic N) is 2. The molecule has 0 aliphatic carbocycles. The molecule has 0 bridgehead atoms. The van der Waals surface area contributed by atoms with E-state index in [1.807, 2.05) is 13.0 Å². The number of hydrogen-bond donors (Lipinski definition) is 2. The molecule has 3 rings (SSSR count). The van der Waals surface area contributed by atoms with Crippen LogP contribution in [0.3, 0.4) is 0 Å². The lowest BCUT2D eigenvalue weighted by atomic mass is 10.1. The zero-order chi connectivity index (χ0) is 17.1. The molecule has 1 amide bonds. The highest BCUT2D eigenvalue weighted by atomic mass is 16.5. The van der Waals surface area contributed by atoms with Gasteiger partial charge in [0.15, 0.2) is 0 Å². The minimum absolute atomic E-state index is 0.236. The summed E-state index contributed by atoms with van der Waals surface area (Å²) < 4.78 is 10.8. The first-order chi connectivity index (χ1) is 11.6. The first-order valence-electron chi connectivity index (χ1n) is 8.31. The van der Waals surface area contributed by atoms with Crippen LogP contribution < -0.4 is 5.43 Å². The Kier molecular flexibility index (Phi) is 5.01. The molecule has 1 aromatic rings. The minimum Gasteiger partial charge on any atom is -0.476 e. The average Bonchev–Trinajstić information content (AvgIpc) is 3.05. The molecule has 1 saturated heterocycles. The molecule has 130 valence electrons. The standard InChI is InChI=1S/C17H24N4O3/c1-4-24-17-13(16(22)19-20-17)9-15-11(2)14(12(3)18-15)10-21-5-7-23-8-6-21/h9,18H,4-8,10H2,1-3H3,(H,19,22). The van der Waals surface area contributed by atoms with Crippen molar-refractivity contribution in [1.29, 1.82) is 0 Å². The quantitative estimate of drug-likeness (QED) is 0.815. The lowest BCUT2D eigenvalue weighted by molar-refractivity contribution is -0.116. The summed E-state index contributed by atoms with van der Waals surface area (Å²) in [6.45, 7) is 10.8. The zero-order valence-corrected chi connectivity index (χ0v) is 14.4. The van der Waals surface area contributed by atoms with Gasteiger partial charge in [0.2, 0.25) is 5.90 Å². The second kappa shape index (κ2) is 7.19. The number of aryl methyl sites for hydroxylation is 1. The summed E-state index contributed by atoms with van der Waals surface area (Å²) in [4.78, 5) is 17.7. The van der Waals surface area contributed by atoms with Gasteiger partial charge in [-0.15, -0.1) is 5.10 Å². The number of hydrazone groups is 1. The average molecular weight is 332 g/mol. The van der Waals surface area contributed by atoms with Crippen LogP contribution >= 0.6 is 0 Å². The first kappa shape index (κ1) is 16.7. The highest BCUT2D eigenvalue weighted by Crippen LogP contribution is 2.23. The second-order valence-corrected chi connectivity index (χ2v) is 6.00. The van der Waals surface area contributed by atoms with Crippen molar-refractivity contribution in [3.8, 4) is 0 Å². The van der Waals surface area contributed by atoms with Gasteiger partial charge in [-0.1, -0.05) is 0 Å². The van der Waals surface area contributed by atoms with E-state index in [0.29, 0.717) is 18.1 Å². The molecule has 3 heterocycles. The molecule has 0 radical (unpaired) electrons. The van der Waals surface area contributed by atoms with Crippen LogP contribution in [-0.4, -0.2) is 54.6 Å². The van der Waals surface area contributed by atoms with E-state index in [9.17, 15) is 4.79 Å². The highest BCUT2D eigenvalue weighted by Gasteiger charge is 2.25. The number of carbonyl (C=O) groups is 1. The first-order valence-corrected chi connectivity index (χ1v) is 8.31. The molecule has 24 heavy (non-hydrogen) atoms. The molecule has 2 N–H and O–H groups in total. The third-order valence-electron chi connectivity index (χ3n) is 4.42. The van der Waals surface area contributed by atoms with E-state index in [-0.39, 0.29) is 5.91 Å². The van der Waals surface area contributed by atoms with E-state index in [1.54, 1.807) is 0 Å². The van der Waals surface area contributed by atoms with Crippen molar-refractivity contribution in [2.24, 2.45) is 5.10 Å². The fraction of sp³-hybridized carbons (Fsp3) is 0.529. The molecule has 0 saturated carbocycles. The van der Waals surface area contributed by atoms with Crippen LogP contribution in [0.25, 0.3) is 6.08 Å². The Balaban J connectivity index is 1.84. The molecular formula is C17H24N4O3. The number of nitrogens with one attached hydrogen (secondary N) is 2. The smallest absolute Gasteiger partial charge is 0.277 e. The number of aromatic nitrogens is 1. The van der Waals surface area contributed by atoms with Crippen LogP contribution in [0.15, 0.2) is 10.7 Å². The van der Waals surface area contributed by atoms with Gasteiger partial charge in [0.25, 0.3) is 5.91 Å². The van der Waals surface area contributed by atoms with Crippen molar-refractivity contribution in [3.05, 3.63) is 28.1 Å². The molecule has 1 aromatic heterocycles. The number of H-pyrrole nitrogens is 1. The minimum atomic E-state index is -0.236. The summed E-state index contributed by atoms with van der Waals surface area (Å²) in [6.07, 6.45) is 1.82. The van der Waals surface area contributed by atoms with Crippen LogP contribution in [0.1, 0.15) is 29.4 Å². The van der Waals surface area contributed by atoms with E-state index >= 15 is 0 Å². The summed E-state index contributed by atoms with van der Waals surface area (Å²) >= 11 is 0. The van der Waals surface area contributed by atoms with Gasteiger partial charge < -0.3 is 14.5 Å². The van der Waals surface area contributed by atoms with Gasteiger partial charge in [-0.25, -0.2) is 5.43 Å². The fourth-order valence-corrected chi connectivity index (χ4v) is 3.02. The van der Waals surface area contributed by atoms with Crippen molar-refractivity contribution >= 4 is 17.9 Å². The second-order valence-electron chi connectivity index (χ2n) is 6.00. The van der Waals surface area contributed by atoms with Gasteiger partial charge in [0, 0.05) is 31.0 Å². The number of amides is 1. The predicted molar refractivity (Wildman–Crippen MR) is 91.5 cm³/mol. The van der Waals surface area contributed by atoms with Crippen molar-refractivity contribution < 1.29 is 14.3 Å². The summed E-state index contributed by atoms with van der Waals surface area (Å²) in [5, 5.41) is 3.93. The number of ether oxygens (including phenoxy) is 2. The molecule has 2 aliphatic heterocycles. The third kappa shape index (κ3) is 3.37. The molecule has 2 aliphatic rings. The predicted octanol–water partition coefficient (Wildman–Crippen LogP) is 1.33. The number of aromatic amines is 1. The number of carbonyl (C=O) groups excluding carboxylic acids is 1. The Labute approximate surface area is 141 Å². The number of morpholine rings is 1. The summed E-state index contributed by atoms with van der Waals surface area (Å²) in [5.41, 5.74) is 7.39. The molecule has 0 atom stereocenters. The number of hydrogen-bond acceptors (Lipinski definition) is 5. The Morgan fingerprint density at radius 3 is 2.79 bits per heavy atom. The van der Waals surface area contributed by atoms with Crippen molar-refractivity contribution in [2.75, 3.05) is 32.9 Å². The maximum absolute atomic E-state index is 12.0. The maximum Gasteiger partial charge on any atom is 0.277 e. The van der Waals surface area contributed by atoms with Crippen LogP contribution in [0.2, 0.25) is 0 Å². The van der Waals surface area contributed by atoms with E-state index < -0.39 is 0 Å². The van der Waals surface area contributed by atoms with Crippen molar-refractivity contribution in [3.63, 3.8) is 0 Å². The topological polar surface area (TPSA) is 78.9 Å². The van der Waals surface area contributed by atoms with Crippen LogP contribution in [-0.2, 0) is 20.8 Å². The van der Waals surface area contributed by atoms with Gasteiger partial charge in [-0.2, -0.15) is 0 Å². The van der Waals surface area contributed by atoms with Gasteiger partial charge in [0.1, 0.15) is 5.57 Å².